The van der Waals surface area contributed by atoms with E-state index in [1.54, 1.807) is 0 Å². The first-order chi connectivity index (χ1) is 19.6. The zero-order valence-corrected chi connectivity index (χ0v) is 26.3. The molecule has 0 saturated heterocycles. The van der Waals surface area contributed by atoms with Crippen LogP contribution in [0, 0.1) is 28.6 Å². The normalized spacial score (nSPS) is 34.7. The molecule has 41 heavy (non-hydrogen) atoms. The van der Waals surface area contributed by atoms with Crippen molar-refractivity contribution < 1.29 is 20.1 Å². The summed E-state index contributed by atoms with van der Waals surface area (Å²) in [6.07, 6.45) is 24.2. The van der Waals surface area contributed by atoms with Crippen molar-refractivity contribution in [2.24, 2.45) is 28.6 Å². The van der Waals surface area contributed by atoms with Crippen molar-refractivity contribution in [1.29, 1.82) is 0 Å². The maximum atomic E-state index is 12.9. The number of allylic oxidation sites excluding steroid dienone is 4. The summed E-state index contributed by atoms with van der Waals surface area (Å²) in [5.74, 6) is 2.00. The van der Waals surface area contributed by atoms with Crippen LogP contribution in [0.25, 0.3) is 0 Å². The number of aliphatic hydroxyl groups is 3. The Labute approximate surface area is 250 Å². The molecule has 4 saturated carbocycles. The molecule has 4 nitrogen and oxygen atoms in total. The molecule has 0 heterocycles. The summed E-state index contributed by atoms with van der Waals surface area (Å²) >= 11 is 0. The summed E-state index contributed by atoms with van der Waals surface area (Å²) in [6, 6.07) is 0. The standard InChI is InChI=1S/C37H58O4/c1-5-6-7-8-9-12-35(41)37(22-23-37)21-19-30(38)16-13-26(2)32-17-18-33-28(11-10-20-36(32,33)4)14-15-29-24-31(39)25-34(40)27(29)3/h13-16,26,30-34,38-40H,3,5-12,17-25H2,1-2,4H3/b16-13+,28-14+,29-15-/t26-,30+,31-,32-,33+,34+,36-/m1/s1. The lowest BCUT2D eigenvalue weighted by Crippen LogP contribution is -2.35. The summed E-state index contributed by atoms with van der Waals surface area (Å²) in [5.41, 5.74) is 3.38. The van der Waals surface area contributed by atoms with Crippen LogP contribution in [0.2, 0.25) is 0 Å². The van der Waals surface area contributed by atoms with Crippen molar-refractivity contribution >= 4 is 5.78 Å². The third-order valence-corrected chi connectivity index (χ3v) is 11.4. The minimum Gasteiger partial charge on any atom is -0.393 e. The second-order valence-electron chi connectivity index (χ2n) is 14.4. The molecule has 0 aromatic rings. The zero-order valence-electron chi connectivity index (χ0n) is 26.3. The van der Waals surface area contributed by atoms with Crippen molar-refractivity contribution in [3.8, 4) is 0 Å². The Balaban J connectivity index is 1.29. The molecular formula is C37H58O4. The van der Waals surface area contributed by atoms with E-state index in [0.717, 1.165) is 49.7 Å². The number of ketones is 1. The molecule has 0 aliphatic heterocycles. The molecule has 4 rings (SSSR count). The molecule has 0 radical (unpaired) electrons. The van der Waals surface area contributed by atoms with E-state index in [1.807, 2.05) is 6.08 Å². The molecule has 0 amide bonds. The van der Waals surface area contributed by atoms with Gasteiger partial charge in [-0.2, -0.15) is 0 Å². The minimum absolute atomic E-state index is 0.127. The van der Waals surface area contributed by atoms with E-state index in [1.165, 1.54) is 56.9 Å². The van der Waals surface area contributed by atoms with Crippen LogP contribution < -0.4 is 0 Å². The second kappa shape index (κ2) is 14.3. The summed E-state index contributed by atoms with van der Waals surface area (Å²) in [7, 11) is 0. The average molecular weight is 567 g/mol. The van der Waals surface area contributed by atoms with Gasteiger partial charge >= 0.3 is 0 Å². The summed E-state index contributed by atoms with van der Waals surface area (Å²) < 4.78 is 0. The van der Waals surface area contributed by atoms with Gasteiger partial charge in [-0.15, -0.1) is 0 Å². The van der Waals surface area contributed by atoms with Gasteiger partial charge in [0.15, 0.2) is 0 Å². The Bertz CT molecular complexity index is 1000. The second-order valence-corrected chi connectivity index (χ2v) is 14.4. The molecule has 0 bridgehead atoms. The molecule has 0 unspecified atom stereocenters. The third-order valence-electron chi connectivity index (χ3n) is 11.4. The maximum Gasteiger partial charge on any atom is 0.139 e. The highest BCUT2D eigenvalue weighted by Gasteiger charge is 2.50. The van der Waals surface area contributed by atoms with Gasteiger partial charge in [0.25, 0.3) is 0 Å². The Kier molecular flexibility index (Phi) is 11.3. The molecule has 4 heteroatoms. The Hall–Kier alpha value is -1.49. The molecule has 4 fully saturated rings. The Morgan fingerprint density at radius 1 is 1.07 bits per heavy atom. The van der Waals surface area contributed by atoms with E-state index >= 15 is 0 Å². The van der Waals surface area contributed by atoms with Crippen molar-refractivity contribution in [2.75, 3.05) is 0 Å². The van der Waals surface area contributed by atoms with Gasteiger partial charge in [0.1, 0.15) is 5.78 Å². The molecule has 4 aliphatic rings. The molecule has 230 valence electrons. The highest BCUT2D eigenvalue weighted by atomic mass is 16.3. The number of carbonyl (C=O) groups excluding carboxylic acids is 1. The SMILES string of the molecule is C=C1/C(=C\C=C2/CCC[C@]3(C)[C@@H]([C@H](C)/C=C/[C@H](O)CCC4(C(=O)CCCCCCC)CC4)CC[C@@H]23)C[C@@H](O)C[C@@H]1O. The maximum absolute atomic E-state index is 12.9. The minimum atomic E-state index is -0.644. The highest BCUT2D eigenvalue weighted by molar-refractivity contribution is 5.87. The molecule has 3 N–H and O–H groups in total. The molecule has 0 aromatic heterocycles. The fraction of sp³-hybridized carbons (Fsp3) is 0.757. The molecule has 0 aromatic carbocycles. The van der Waals surface area contributed by atoms with Crippen LogP contribution >= 0.6 is 0 Å². The molecule has 0 spiro atoms. The van der Waals surface area contributed by atoms with Crippen LogP contribution in [0.3, 0.4) is 0 Å². The number of carbonyl (C=O) groups is 1. The van der Waals surface area contributed by atoms with Crippen LogP contribution in [0.15, 0.2) is 47.6 Å². The van der Waals surface area contributed by atoms with Crippen molar-refractivity contribution in [1.82, 2.24) is 0 Å². The van der Waals surface area contributed by atoms with Crippen LogP contribution in [0.1, 0.15) is 130 Å². The number of unbranched alkanes of at least 4 members (excludes halogenated alkanes) is 4. The van der Waals surface area contributed by atoms with Gasteiger partial charge in [-0.1, -0.05) is 82.9 Å². The van der Waals surface area contributed by atoms with Gasteiger partial charge in [0, 0.05) is 18.3 Å². The van der Waals surface area contributed by atoms with E-state index in [9.17, 15) is 20.1 Å². The van der Waals surface area contributed by atoms with Gasteiger partial charge in [-0.25, -0.2) is 0 Å². The van der Waals surface area contributed by atoms with Crippen LogP contribution in [-0.2, 0) is 4.79 Å². The fourth-order valence-electron chi connectivity index (χ4n) is 8.54. The topological polar surface area (TPSA) is 77.8 Å². The number of hydrogen-bond donors (Lipinski definition) is 3. The smallest absolute Gasteiger partial charge is 0.139 e. The predicted molar refractivity (Wildman–Crippen MR) is 168 cm³/mol. The first-order valence-electron chi connectivity index (χ1n) is 16.9. The van der Waals surface area contributed by atoms with Gasteiger partial charge in [0.2, 0.25) is 0 Å². The zero-order chi connectivity index (χ0) is 29.6. The van der Waals surface area contributed by atoms with Crippen LogP contribution in [0.4, 0.5) is 0 Å². The van der Waals surface area contributed by atoms with Crippen LogP contribution in [0.5, 0.6) is 0 Å². The van der Waals surface area contributed by atoms with E-state index < -0.39 is 18.3 Å². The summed E-state index contributed by atoms with van der Waals surface area (Å²) in [6.45, 7) is 11.1. The van der Waals surface area contributed by atoms with Gasteiger partial charge in [-0.05, 0) is 105 Å². The van der Waals surface area contributed by atoms with E-state index in [4.69, 9.17) is 0 Å². The molecule has 7 atom stereocenters. The molecule has 4 aliphatic carbocycles. The highest BCUT2D eigenvalue weighted by Crippen LogP contribution is 2.59. The number of rotatable bonds is 14. The average Bonchev–Trinajstić information content (AvgIpc) is 3.65. The largest absolute Gasteiger partial charge is 0.393 e. The lowest BCUT2D eigenvalue weighted by atomic mass is 9.61. The fourth-order valence-corrected chi connectivity index (χ4v) is 8.54. The lowest BCUT2D eigenvalue weighted by molar-refractivity contribution is -0.124. The Morgan fingerprint density at radius 2 is 1.83 bits per heavy atom. The summed E-state index contributed by atoms with van der Waals surface area (Å²) in [5, 5.41) is 31.2. The van der Waals surface area contributed by atoms with E-state index in [-0.39, 0.29) is 10.8 Å². The van der Waals surface area contributed by atoms with Gasteiger partial charge in [-0.3, -0.25) is 4.79 Å². The van der Waals surface area contributed by atoms with E-state index in [0.29, 0.717) is 42.8 Å². The van der Waals surface area contributed by atoms with Crippen molar-refractivity contribution in [3.63, 3.8) is 0 Å². The van der Waals surface area contributed by atoms with Gasteiger partial charge in [0.05, 0.1) is 18.3 Å². The number of hydrogen-bond acceptors (Lipinski definition) is 4. The van der Waals surface area contributed by atoms with E-state index in [2.05, 4.69) is 45.6 Å². The Morgan fingerprint density at radius 3 is 2.56 bits per heavy atom. The van der Waals surface area contributed by atoms with Crippen LogP contribution in [-0.4, -0.2) is 39.4 Å². The monoisotopic (exact) mass is 566 g/mol. The lowest BCUT2D eigenvalue weighted by Gasteiger charge is -2.44. The van der Waals surface area contributed by atoms with Crippen molar-refractivity contribution in [2.45, 2.75) is 148 Å². The van der Waals surface area contributed by atoms with Gasteiger partial charge < -0.3 is 15.3 Å². The number of fused-ring (bicyclic) bond motifs is 1. The van der Waals surface area contributed by atoms with Crippen molar-refractivity contribution in [3.05, 3.63) is 47.6 Å². The quantitative estimate of drug-likeness (QED) is 0.146. The summed E-state index contributed by atoms with van der Waals surface area (Å²) in [4.78, 5) is 12.9. The third kappa shape index (κ3) is 7.92. The molecular weight excluding hydrogens is 508 g/mol. The number of aliphatic hydroxyl groups excluding tert-OH is 3. The first-order valence-corrected chi connectivity index (χ1v) is 16.9. The first kappa shape index (κ1) is 32.4. The number of Topliss-reactive ketones (excluding diaryl/α,β-unsaturated/α-hetero) is 1. The predicted octanol–water partition coefficient (Wildman–Crippen LogP) is 8.17.